The maximum Gasteiger partial charge on any atom is 0.251 e. The fraction of sp³-hybridized carbons (Fsp3) is 0.350. The van der Waals surface area contributed by atoms with Crippen LogP contribution >= 0.6 is 0 Å². The number of fused-ring (bicyclic) bond motifs is 1. The molecule has 154 valence electrons. The molecule has 1 atom stereocenters. The summed E-state index contributed by atoms with van der Waals surface area (Å²) in [7, 11) is 3.47. The number of nitrogens with one attached hydrogen (secondary N) is 2. The molecule has 2 aromatic rings. The average Bonchev–Trinajstić information content (AvgIpc) is 2.72. The Kier molecular flexibility index (Phi) is 6.50. The molecule has 1 aromatic carbocycles. The molecule has 9 heteroatoms. The van der Waals surface area contributed by atoms with Crippen molar-refractivity contribution in [2.45, 2.75) is 12.5 Å². The number of hydrogen-bond donors (Lipinski definition) is 3. The number of nitrogens with two attached hydrogens (primary N) is 1. The monoisotopic (exact) mass is 399 g/mol. The summed E-state index contributed by atoms with van der Waals surface area (Å²) in [5.74, 6) is 0.727. The molecule has 2 amide bonds. The average molecular weight is 399 g/mol. The van der Waals surface area contributed by atoms with E-state index in [4.69, 9.17) is 15.2 Å². The number of aromatic nitrogens is 1. The van der Waals surface area contributed by atoms with Crippen molar-refractivity contribution in [2.24, 2.45) is 0 Å². The van der Waals surface area contributed by atoms with Crippen LogP contribution in [0, 0.1) is 0 Å². The van der Waals surface area contributed by atoms with Gasteiger partial charge in [-0.05, 0) is 30.3 Å². The van der Waals surface area contributed by atoms with Crippen molar-refractivity contribution in [2.75, 3.05) is 49.9 Å². The highest BCUT2D eigenvalue weighted by atomic mass is 16.5. The molecule has 1 aliphatic rings. The van der Waals surface area contributed by atoms with Gasteiger partial charge in [-0.3, -0.25) is 9.59 Å². The Hall–Kier alpha value is -3.33. The second kappa shape index (κ2) is 9.24. The Bertz CT molecular complexity index is 872. The highest BCUT2D eigenvalue weighted by molar-refractivity contribution is 5.96. The van der Waals surface area contributed by atoms with Gasteiger partial charge in [-0.1, -0.05) is 0 Å². The smallest absolute Gasteiger partial charge is 0.251 e. The molecule has 0 fully saturated rings. The lowest BCUT2D eigenvalue weighted by Crippen LogP contribution is -2.42. The summed E-state index contributed by atoms with van der Waals surface area (Å²) in [4.78, 5) is 30.6. The highest BCUT2D eigenvalue weighted by Crippen LogP contribution is 2.34. The molecule has 1 aliphatic heterocycles. The lowest BCUT2D eigenvalue weighted by atomic mass is 10.1. The summed E-state index contributed by atoms with van der Waals surface area (Å²) in [6.45, 7) is 1.25. The van der Waals surface area contributed by atoms with Crippen molar-refractivity contribution in [3.05, 3.63) is 42.1 Å². The van der Waals surface area contributed by atoms with Crippen LogP contribution in [-0.4, -0.2) is 56.8 Å². The van der Waals surface area contributed by atoms with Crippen molar-refractivity contribution < 1.29 is 19.1 Å². The van der Waals surface area contributed by atoms with Gasteiger partial charge in [0.15, 0.2) is 0 Å². The van der Waals surface area contributed by atoms with Gasteiger partial charge in [0.2, 0.25) is 5.91 Å². The highest BCUT2D eigenvalue weighted by Gasteiger charge is 2.27. The quantitative estimate of drug-likeness (QED) is 0.600. The van der Waals surface area contributed by atoms with Crippen LogP contribution in [0.4, 0.5) is 17.2 Å². The van der Waals surface area contributed by atoms with E-state index in [0.717, 1.165) is 5.69 Å². The zero-order valence-corrected chi connectivity index (χ0v) is 16.5. The minimum absolute atomic E-state index is 0.158. The van der Waals surface area contributed by atoms with Gasteiger partial charge in [0, 0.05) is 26.3 Å². The molecular formula is C20H25N5O4. The first-order valence-corrected chi connectivity index (χ1v) is 9.26. The Morgan fingerprint density at radius 2 is 2.17 bits per heavy atom. The number of pyridine rings is 1. The molecule has 0 spiro atoms. The van der Waals surface area contributed by atoms with Gasteiger partial charge in [0.05, 0.1) is 36.6 Å². The number of nitrogens with zero attached hydrogens (tertiary/aromatic N) is 2. The van der Waals surface area contributed by atoms with Gasteiger partial charge in [-0.2, -0.15) is 0 Å². The molecule has 2 heterocycles. The lowest BCUT2D eigenvalue weighted by molar-refractivity contribution is -0.116. The molecule has 0 bridgehead atoms. The largest absolute Gasteiger partial charge is 0.489 e. The number of hydrogen-bond acceptors (Lipinski definition) is 7. The summed E-state index contributed by atoms with van der Waals surface area (Å²) < 4.78 is 10.7. The maximum atomic E-state index is 12.4. The molecule has 1 aromatic heterocycles. The van der Waals surface area contributed by atoms with E-state index in [0.29, 0.717) is 42.6 Å². The Balaban J connectivity index is 1.64. The zero-order chi connectivity index (χ0) is 20.8. The molecule has 0 saturated heterocycles. The van der Waals surface area contributed by atoms with Crippen molar-refractivity contribution in [3.63, 3.8) is 0 Å². The number of likely N-dealkylation sites (N-methyl/N-ethyl adjacent to an activating group) is 1. The number of anilines is 3. The van der Waals surface area contributed by atoms with Crippen molar-refractivity contribution >= 4 is 29.0 Å². The number of nitrogen functional groups attached to an aromatic ring is 1. The van der Waals surface area contributed by atoms with E-state index in [1.54, 1.807) is 37.4 Å². The minimum atomic E-state index is -0.186. The third-order valence-electron chi connectivity index (χ3n) is 4.66. The first kappa shape index (κ1) is 20.4. The molecule has 0 aliphatic carbocycles. The molecule has 4 N–H and O–H groups in total. The van der Waals surface area contributed by atoms with Crippen LogP contribution in [0.25, 0.3) is 0 Å². The number of carbonyl (C=O) groups is 2. The lowest BCUT2D eigenvalue weighted by Gasteiger charge is -2.35. The van der Waals surface area contributed by atoms with E-state index in [2.05, 4.69) is 15.6 Å². The van der Waals surface area contributed by atoms with Crippen LogP contribution in [0.3, 0.4) is 0 Å². The number of benzene rings is 1. The zero-order valence-electron chi connectivity index (χ0n) is 16.5. The van der Waals surface area contributed by atoms with Gasteiger partial charge in [-0.25, -0.2) is 4.98 Å². The Morgan fingerprint density at radius 1 is 1.34 bits per heavy atom. The maximum absolute atomic E-state index is 12.4. The second-order valence-electron chi connectivity index (χ2n) is 6.73. The van der Waals surface area contributed by atoms with Crippen LogP contribution in [0.15, 0.2) is 36.5 Å². The summed E-state index contributed by atoms with van der Waals surface area (Å²) in [5.41, 5.74) is 7.43. The molecule has 1 unspecified atom stereocenters. The second-order valence-corrected chi connectivity index (χ2v) is 6.73. The summed E-state index contributed by atoms with van der Waals surface area (Å²) >= 11 is 0. The summed E-state index contributed by atoms with van der Waals surface area (Å²) in [6.07, 6.45) is 1.74. The number of ether oxygens (including phenoxy) is 2. The van der Waals surface area contributed by atoms with E-state index >= 15 is 0 Å². The van der Waals surface area contributed by atoms with Crippen LogP contribution in [0.1, 0.15) is 16.8 Å². The summed E-state index contributed by atoms with van der Waals surface area (Å²) in [6, 6.07) is 8.41. The standard InChI is InChI=1S/C20H25N5O4/c1-25-15(10-19(26)24-14-4-6-18(21)23-11-14)12-29-17-5-3-13(9-16(17)25)20(27)22-7-8-28-2/h3-6,9,11,15H,7-8,10,12H2,1-2H3,(H2,21,23)(H,22,27)(H,24,26). The van der Waals surface area contributed by atoms with E-state index in [-0.39, 0.29) is 24.3 Å². The third-order valence-corrected chi connectivity index (χ3v) is 4.66. The minimum Gasteiger partial charge on any atom is -0.489 e. The van der Waals surface area contributed by atoms with Gasteiger partial charge in [0.25, 0.3) is 5.91 Å². The van der Waals surface area contributed by atoms with Crippen molar-refractivity contribution in [1.82, 2.24) is 10.3 Å². The van der Waals surface area contributed by atoms with E-state index in [1.165, 1.54) is 6.20 Å². The van der Waals surface area contributed by atoms with Gasteiger partial charge in [-0.15, -0.1) is 0 Å². The van der Waals surface area contributed by atoms with Gasteiger partial charge < -0.3 is 30.7 Å². The van der Waals surface area contributed by atoms with E-state index in [9.17, 15) is 9.59 Å². The van der Waals surface area contributed by atoms with Crippen molar-refractivity contribution in [3.8, 4) is 5.75 Å². The Morgan fingerprint density at radius 3 is 2.90 bits per heavy atom. The Labute approximate surface area is 169 Å². The van der Waals surface area contributed by atoms with Crippen molar-refractivity contribution in [1.29, 1.82) is 0 Å². The fourth-order valence-electron chi connectivity index (χ4n) is 3.02. The third kappa shape index (κ3) is 5.14. The van der Waals surface area contributed by atoms with E-state index in [1.807, 2.05) is 11.9 Å². The fourth-order valence-corrected chi connectivity index (χ4v) is 3.02. The van der Waals surface area contributed by atoms with Gasteiger partial charge in [0.1, 0.15) is 18.2 Å². The number of amides is 2. The first-order chi connectivity index (χ1) is 14.0. The molecule has 29 heavy (non-hydrogen) atoms. The van der Waals surface area contributed by atoms with Gasteiger partial charge >= 0.3 is 0 Å². The SMILES string of the molecule is COCCNC(=O)c1ccc2c(c1)N(C)C(CC(=O)Nc1ccc(N)nc1)CO2. The predicted molar refractivity (Wildman–Crippen MR) is 110 cm³/mol. The number of rotatable bonds is 7. The molecule has 9 nitrogen and oxygen atoms in total. The summed E-state index contributed by atoms with van der Waals surface area (Å²) in [5, 5.41) is 5.60. The van der Waals surface area contributed by atoms with E-state index < -0.39 is 0 Å². The molecular weight excluding hydrogens is 374 g/mol. The number of methoxy groups -OCH3 is 1. The van der Waals surface area contributed by atoms with Crippen LogP contribution in [0.2, 0.25) is 0 Å². The molecule has 3 rings (SSSR count). The number of carbonyl (C=O) groups excluding carboxylic acids is 2. The van der Waals surface area contributed by atoms with Crippen LogP contribution in [-0.2, 0) is 9.53 Å². The first-order valence-electron chi connectivity index (χ1n) is 9.26. The van der Waals surface area contributed by atoms with Crippen LogP contribution < -0.4 is 26.0 Å². The molecule has 0 radical (unpaired) electrons. The normalized spacial score (nSPS) is 15.2. The molecule has 0 saturated carbocycles. The predicted octanol–water partition coefficient (Wildman–Crippen LogP) is 1.27. The topological polar surface area (TPSA) is 119 Å². The van der Waals surface area contributed by atoms with Crippen LogP contribution in [0.5, 0.6) is 5.75 Å².